The zero-order valence-electron chi connectivity index (χ0n) is 32.8. The topological polar surface area (TPSA) is 198 Å². The van der Waals surface area contributed by atoms with Crippen LogP contribution in [0.15, 0.2) is 48.9 Å². The van der Waals surface area contributed by atoms with Crippen molar-refractivity contribution < 1.29 is 42.4 Å². The van der Waals surface area contributed by atoms with E-state index in [9.17, 15) is 37.5 Å². The van der Waals surface area contributed by atoms with Gasteiger partial charge in [-0.3, -0.25) is 14.4 Å². The summed E-state index contributed by atoms with van der Waals surface area (Å²) in [5.41, 5.74) is 5.32. The van der Waals surface area contributed by atoms with E-state index in [0.29, 0.717) is 51.4 Å². The van der Waals surface area contributed by atoms with Crippen molar-refractivity contribution >= 4 is 41.0 Å². The molecule has 316 valence electrons. The SMILES string of the molecule is CCC(CC[NH+](CC(=O)O)CC1CNC1)C(=O)N1CCN(C(=O)c2ccc(NC(=O)c3ncc(-c4cn(-c5ccc(CCN)cn5)nc4C(F)(F)F)n3C)cc2Cl)CC1. The number of nitrogens with two attached hydrogens (primary N) is 1. The van der Waals surface area contributed by atoms with Crippen LogP contribution >= 0.6 is 11.6 Å². The number of rotatable bonds is 16. The Morgan fingerprint density at radius 3 is 2.39 bits per heavy atom. The van der Waals surface area contributed by atoms with E-state index in [2.05, 4.69) is 25.7 Å². The molecule has 20 heteroatoms. The molecule has 2 unspecified atom stereocenters. The standard InChI is InChI=1S/C39H47ClF3N11O5/c1-3-26(9-11-51(23-33(55)56)21-25-17-45-18-25)37(58)52-12-14-53(15-13-52)38(59)28-6-5-27(16-30(28)40)48-36(57)35-47-20-31(50(35)2)29-22-54(49-34(29)39(41,42)43)32-7-4-24(8-10-44)19-46-32/h4-7,16,19-20,22,25-26,45H,3,8-15,17-18,21,23,44H2,1-2H3,(H,48,57)(H,55,56)/p+1. The fraction of sp³-hybridized carbons (Fsp3) is 0.462. The molecule has 0 saturated carbocycles. The number of piperazine rings is 1. The highest BCUT2D eigenvalue weighted by atomic mass is 35.5. The Kier molecular flexibility index (Phi) is 13.7. The third-order valence-electron chi connectivity index (χ3n) is 10.8. The van der Waals surface area contributed by atoms with Gasteiger partial charge in [-0.2, -0.15) is 18.3 Å². The molecule has 59 heavy (non-hydrogen) atoms. The molecule has 6 rings (SSSR count). The minimum Gasteiger partial charge on any atom is -0.477 e. The minimum absolute atomic E-state index is 0.00439. The second-order valence-electron chi connectivity index (χ2n) is 14.9. The Morgan fingerprint density at radius 1 is 1.07 bits per heavy atom. The van der Waals surface area contributed by atoms with Crippen LogP contribution in [0.1, 0.15) is 52.0 Å². The molecular formula is C39H48ClF3N11O5+. The predicted octanol–water partition coefficient (Wildman–Crippen LogP) is 1.98. The second-order valence-corrected chi connectivity index (χ2v) is 15.3. The summed E-state index contributed by atoms with van der Waals surface area (Å²) in [7, 11) is 1.41. The number of imidazole rings is 1. The molecule has 3 aromatic heterocycles. The van der Waals surface area contributed by atoms with E-state index in [4.69, 9.17) is 17.3 Å². The number of anilines is 1. The van der Waals surface area contributed by atoms with Gasteiger partial charge in [0.2, 0.25) is 5.91 Å². The van der Waals surface area contributed by atoms with Gasteiger partial charge in [0.05, 0.1) is 41.1 Å². The first-order valence-corrected chi connectivity index (χ1v) is 19.8. The van der Waals surface area contributed by atoms with Gasteiger partial charge in [-0.15, -0.1) is 0 Å². The molecule has 0 spiro atoms. The number of carbonyl (C=O) groups excluding carboxylic acids is 3. The van der Waals surface area contributed by atoms with Gasteiger partial charge in [0, 0.05) is 82.7 Å². The number of hydrogen-bond donors (Lipinski definition) is 5. The zero-order chi connectivity index (χ0) is 42.4. The summed E-state index contributed by atoms with van der Waals surface area (Å²) in [6, 6.07) is 7.61. The molecule has 16 nitrogen and oxygen atoms in total. The number of nitrogens with one attached hydrogen (secondary N) is 3. The lowest BCUT2D eigenvalue weighted by Crippen LogP contribution is -3.14. The average Bonchev–Trinajstić information content (AvgIpc) is 3.80. The van der Waals surface area contributed by atoms with Gasteiger partial charge in [-0.25, -0.2) is 19.4 Å². The van der Waals surface area contributed by atoms with Crippen LogP contribution in [0.4, 0.5) is 18.9 Å². The number of benzene rings is 1. The Balaban J connectivity index is 1.06. The molecule has 2 saturated heterocycles. The number of pyridine rings is 1. The first-order valence-electron chi connectivity index (χ1n) is 19.5. The lowest BCUT2D eigenvalue weighted by atomic mass is 9.98. The van der Waals surface area contributed by atoms with E-state index in [1.807, 2.05) is 6.92 Å². The quantitative estimate of drug-likeness (QED) is 0.111. The monoisotopic (exact) mass is 842 g/mol. The Morgan fingerprint density at radius 2 is 1.80 bits per heavy atom. The van der Waals surface area contributed by atoms with E-state index in [-0.39, 0.29) is 76.5 Å². The van der Waals surface area contributed by atoms with Crippen molar-refractivity contribution in [1.82, 2.24) is 39.4 Å². The van der Waals surface area contributed by atoms with Gasteiger partial charge < -0.3 is 40.7 Å². The van der Waals surface area contributed by atoms with Crippen LogP contribution in [0.25, 0.3) is 17.1 Å². The number of aromatic nitrogens is 5. The molecule has 6 N–H and O–H groups in total. The lowest BCUT2D eigenvalue weighted by Gasteiger charge is -2.37. The Hall–Kier alpha value is -5.37. The highest BCUT2D eigenvalue weighted by Crippen LogP contribution is 2.37. The fourth-order valence-corrected chi connectivity index (χ4v) is 7.66. The molecule has 0 radical (unpaired) electrons. The van der Waals surface area contributed by atoms with Crippen LogP contribution in [0.2, 0.25) is 5.02 Å². The molecule has 2 fully saturated rings. The van der Waals surface area contributed by atoms with Crippen LogP contribution in [-0.2, 0) is 29.2 Å². The van der Waals surface area contributed by atoms with Crippen LogP contribution in [0.5, 0.6) is 0 Å². The molecule has 0 aliphatic carbocycles. The van der Waals surface area contributed by atoms with Crippen molar-refractivity contribution in [2.75, 3.05) is 70.8 Å². The van der Waals surface area contributed by atoms with Crippen molar-refractivity contribution in [3.63, 3.8) is 0 Å². The summed E-state index contributed by atoms with van der Waals surface area (Å²) in [5, 5.41) is 19.1. The number of halogens is 4. The fourth-order valence-electron chi connectivity index (χ4n) is 7.40. The van der Waals surface area contributed by atoms with E-state index in [0.717, 1.165) is 41.0 Å². The Bertz CT molecular complexity index is 2150. The molecule has 2 aliphatic heterocycles. The third-order valence-corrected chi connectivity index (χ3v) is 11.1. The first kappa shape index (κ1) is 43.2. The molecule has 3 amide bonds. The van der Waals surface area contributed by atoms with E-state index in [1.54, 1.807) is 21.9 Å². The molecule has 1 aromatic carbocycles. The van der Waals surface area contributed by atoms with Crippen molar-refractivity contribution in [2.45, 2.75) is 32.4 Å². The second kappa shape index (κ2) is 18.7. The van der Waals surface area contributed by atoms with Crippen molar-refractivity contribution in [3.05, 3.63) is 76.6 Å². The number of aliphatic carboxylic acids is 1. The number of nitrogens with zero attached hydrogens (tertiary/aromatic N) is 7. The summed E-state index contributed by atoms with van der Waals surface area (Å²) in [6.45, 7) is 6.69. The first-order chi connectivity index (χ1) is 28.2. The summed E-state index contributed by atoms with van der Waals surface area (Å²) < 4.78 is 44.8. The molecule has 4 aromatic rings. The van der Waals surface area contributed by atoms with Crippen LogP contribution in [0, 0.1) is 11.8 Å². The predicted molar refractivity (Wildman–Crippen MR) is 211 cm³/mol. The van der Waals surface area contributed by atoms with E-state index in [1.165, 1.54) is 42.2 Å². The lowest BCUT2D eigenvalue weighted by molar-refractivity contribution is -0.897. The van der Waals surface area contributed by atoms with E-state index >= 15 is 0 Å². The smallest absolute Gasteiger partial charge is 0.435 e. The maximum Gasteiger partial charge on any atom is 0.435 e. The maximum atomic E-state index is 14.2. The summed E-state index contributed by atoms with van der Waals surface area (Å²) >= 11 is 6.55. The Labute approximate surface area is 343 Å². The minimum atomic E-state index is -4.83. The van der Waals surface area contributed by atoms with Crippen molar-refractivity contribution in [2.24, 2.45) is 24.6 Å². The van der Waals surface area contributed by atoms with Gasteiger partial charge in [-0.1, -0.05) is 24.6 Å². The zero-order valence-corrected chi connectivity index (χ0v) is 33.5. The normalized spacial score (nSPS) is 15.8. The van der Waals surface area contributed by atoms with Crippen molar-refractivity contribution in [3.8, 4) is 17.1 Å². The molecule has 2 atom stereocenters. The highest BCUT2D eigenvalue weighted by Gasteiger charge is 2.39. The van der Waals surface area contributed by atoms with Crippen LogP contribution in [0.3, 0.4) is 0 Å². The number of quaternary nitrogens is 1. The van der Waals surface area contributed by atoms with Gasteiger partial charge in [0.15, 0.2) is 23.9 Å². The van der Waals surface area contributed by atoms with Crippen LogP contribution < -0.4 is 21.3 Å². The van der Waals surface area contributed by atoms with Crippen molar-refractivity contribution in [1.29, 1.82) is 0 Å². The third kappa shape index (κ3) is 10.3. The number of carbonyl (C=O) groups is 4. The number of hydrogen-bond acceptors (Lipinski definition) is 9. The summed E-state index contributed by atoms with van der Waals surface area (Å²) in [6.07, 6.45) is 0.780. The van der Waals surface area contributed by atoms with Gasteiger partial charge in [0.25, 0.3) is 11.8 Å². The largest absolute Gasteiger partial charge is 0.477 e. The van der Waals surface area contributed by atoms with Gasteiger partial charge >= 0.3 is 12.1 Å². The molecule has 2 aliphatic rings. The molecule has 5 heterocycles. The number of carboxylic acid groups (broad SMARTS) is 1. The maximum absolute atomic E-state index is 14.2. The number of carboxylic acids is 1. The summed E-state index contributed by atoms with van der Waals surface area (Å²) in [4.78, 5) is 64.4. The number of alkyl halides is 3. The number of amides is 3. The van der Waals surface area contributed by atoms with Crippen LogP contribution in [-0.4, -0.2) is 128 Å². The molecular weight excluding hydrogens is 795 g/mol. The van der Waals surface area contributed by atoms with E-state index < -0.39 is 23.7 Å². The van der Waals surface area contributed by atoms with Gasteiger partial charge in [-0.05, 0) is 49.2 Å². The molecule has 0 bridgehead atoms. The highest BCUT2D eigenvalue weighted by molar-refractivity contribution is 6.34. The average molecular weight is 843 g/mol. The van der Waals surface area contributed by atoms with Gasteiger partial charge in [0.1, 0.15) is 0 Å². The summed E-state index contributed by atoms with van der Waals surface area (Å²) in [5.74, 6) is -1.78.